The van der Waals surface area contributed by atoms with Crippen LogP contribution in [0.3, 0.4) is 0 Å². The molecular formula is C21H24F3N3O3. The van der Waals surface area contributed by atoms with Gasteiger partial charge in [0, 0.05) is 24.4 Å². The Bertz CT molecular complexity index is 918. The monoisotopic (exact) mass is 423 g/mol. The molecule has 9 heteroatoms. The molecule has 30 heavy (non-hydrogen) atoms. The number of carbonyl (C=O) groups excluding carboxylic acids is 1. The van der Waals surface area contributed by atoms with Crippen LogP contribution >= 0.6 is 0 Å². The third kappa shape index (κ3) is 5.02. The van der Waals surface area contributed by atoms with Gasteiger partial charge in [0.25, 0.3) is 5.91 Å². The Hall–Kier alpha value is -2.81. The first kappa shape index (κ1) is 21.9. The molecular weight excluding hydrogens is 399 g/mol. The number of nitrogens with zero attached hydrogens (tertiary/aromatic N) is 1. The lowest BCUT2D eigenvalue weighted by atomic mass is 9.96. The molecule has 0 bridgehead atoms. The van der Waals surface area contributed by atoms with E-state index in [4.69, 9.17) is 9.47 Å². The van der Waals surface area contributed by atoms with Crippen LogP contribution in [0, 0.1) is 12.8 Å². The average molecular weight is 423 g/mol. The van der Waals surface area contributed by atoms with E-state index in [2.05, 4.69) is 15.6 Å². The van der Waals surface area contributed by atoms with Crippen molar-refractivity contribution in [2.45, 2.75) is 32.5 Å². The van der Waals surface area contributed by atoms with Gasteiger partial charge in [-0.15, -0.1) is 0 Å². The van der Waals surface area contributed by atoms with Crippen LogP contribution in [-0.4, -0.2) is 37.3 Å². The zero-order chi connectivity index (χ0) is 21.9. The van der Waals surface area contributed by atoms with E-state index in [0.717, 1.165) is 12.1 Å². The summed E-state index contributed by atoms with van der Waals surface area (Å²) in [4.78, 5) is 17.1. The molecule has 1 fully saturated rings. The van der Waals surface area contributed by atoms with Gasteiger partial charge in [-0.3, -0.25) is 4.79 Å². The number of methoxy groups -OCH3 is 1. The number of aryl methyl sites for hydroxylation is 1. The molecule has 2 N–H and O–H groups in total. The highest BCUT2D eigenvalue weighted by Gasteiger charge is 2.32. The number of halogens is 3. The summed E-state index contributed by atoms with van der Waals surface area (Å²) in [5, 5.41) is 5.86. The van der Waals surface area contributed by atoms with Gasteiger partial charge in [-0.05, 0) is 43.5 Å². The number of anilines is 2. The molecule has 0 unspecified atom stereocenters. The fourth-order valence-corrected chi connectivity index (χ4v) is 3.31. The van der Waals surface area contributed by atoms with Crippen molar-refractivity contribution in [1.29, 1.82) is 0 Å². The van der Waals surface area contributed by atoms with Gasteiger partial charge in [0.2, 0.25) is 5.88 Å². The minimum Gasteiger partial charge on any atom is -0.481 e. The van der Waals surface area contributed by atoms with Gasteiger partial charge in [-0.25, -0.2) is 4.98 Å². The maximum atomic E-state index is 13.3. The van der Waals surface area contributed by atoms with Crippen molar-refractivity contribution in [2.75, 3.05) is 31.0 Å². The van der Waals surface area contributed by atoms with Crippen molar-refractivity contribution in [3.05, 3.63) is 47.2 Å². The highest BCUT2D eigenvalue weighted by atomic mass is 19.4. The summed E-state index contributed by atoms with van der Waals surface area (Å²) >= 11 is 0. The third-order valence-corrected chi connectivity index (χ3v) is 5.09. The van der Waals surface area contributed by atoms with E-state index in [-0.39, 0.29) is 23.2 Å². The van der Waals surface area contributed by atoms with Crippen LogP contribution in [0.4, 0.5) is 24.5 Å². The predicted octanol–water partition coefficient (Wildman–Crippen LogP) is 4.51. The lowest BCUT2D eigenvalue weighted by molar-refractivity contribution is -0.137. The molecule has 3 rings (SSSR count). The number of carbonyl (C=O) groups is 1. The zero-order valence-electron chi connectivity index (χ0n) is 17.0. The molecule has 162 valence electrons. The summed E-state index contributed by atoms with van der Waals surface area (Å²) in [5.41, 5.74) is 0.425. The van der Waals surface area contributed by atoms with E-state index in [1.807, 2.05) is 6.92 Å². The molecule has 1 amide bonds. The number of hydrogen-bond donors (Lipinski definition) is 2. The van der Waals surface area contributed by atoms with Gasteiger partial charge in [0.15, 0.2) is 0 Å². The summed E-state index contributed by atoms with van der Waals surface area (Å²) in [6, 6.07) is 6.22. The highest BCUT2D eigenvalue weighted by molar-refractivity contribution is 6.08. The zero-order valence-corrected chi connectivity index (χ0v) is 17.0. The Morgan fingerprint density at radius 1 is 1.23 bits per heavy atom. The smallest absolute Gasteiger partial charge is 0.416 e. The molecule has 1 aromatic heterocycles. The highest BCUT2D eigenvalue weighted by Crippen LogP contribution is 2.33. The predicted molar refractivity (Wildman–Crippen MR) is 107 cm³/mol. The topological polar surface area (TPSA) is 72.5 Å². The van der Waals surface area contributed by atoms with E-state index in [0.29, 0.717) is 36.9 Å². The van der Waals surface area contributed by atoms with Crippen molar-refractivity contribution >= 4 is 17.3 Å². The summed E-state index contributed by atoms with van der Waals surface area (Å²) in [5.74, 6) is -0.0332. The third-order valence-electron chi connectivity index (χ3n) is 5.09. The second kappa shape index (κ2) is 8.91. The van der Waals surface area contributed by atoms with Crippen LogP contribution in [0.5, 0.6) is 5.88 Å². The van der Waals surface area contributed by atoms with Crippen molar-refractivity contribution in [1.82, 2.24) is 4.98 Å². The fourth-order valence-electron chi connectivity index (χ4n) is 3.31. The minimum atomic E-state index is -4.51. The molecule has 2 aromatic rings. The molecule has 1 aliphatic rings. The molecule has 2 heterocycles. The van der Waals surface area contributed by atoms with Crippen LogP contribution in [0.2, 0.25) is 0 Å². The van der Waals surface area contributed by atoms with Gasteiger partial charge < -0.3 is 20.1 Å². The molecule has 0 aliphatic carbocycles. The molecule has 0 spiro atoms. The van der Waals surface area contributed by atoms with E-state index in [1.165, 1.54) is 13.2 Å². The molecule has 2 atom stereocenters. The number of ether oxygens (including phenoxy) is 2. The normalized spacial score (nSPS) is 19.3. The van der Waals surface area contributed by atoms with E-state index < -0.39 is 17.6 Å². The number of amides is 1. The lowest BCUT2D eigenvalue weighted by Gasteiger charge is -2.31. The maximum absolute atomic E-state index is 13.3. The van der Waals surface area contributed by atoms with E-state index in [1.54, 1.807) is 19.1 Å². The lowest BCUT2D eigenvalue weighted by Crippen LogP contribution is -2.36. The summed E-state index contributed by atoms with van der Waals surface area (Å²) in [7, 11) is 1.48. The molecule has 6 nitrogen and oxygen atoms in total. The Labute approximate surface area is 172 Å². The second-order valence-electron chi connectivity index (χ2n) is 7.29. The number of rotatable bonds is 5. The van der Waals surface area contributed by atoms with Gasteiger partial charge in [-0.2, -0.15) is 13.2 Å². The van der Waals surface area contributed by atoms with Crippen molar-refractivity contribution in [3.63, 3.8) is 0 Å². The first-order valence-electron chi connectivity index (χ1n) is 9.57. The van der Waals surface area contributed by atoms with Crippen molar-refractivity contribution in [2.24, 2.45) is 5.92 Å². The molecule has 1 aliphatic heterocycles. The second-order valence-corrected chi connectivity index (χ2v) is 7.29. The number of benzene rings is 1. The van der Waals surface area contributed by atoms with Crippen molar-refractivity contribution < 1.29 is 27.4 Å². The minimum absolute atomic E-state index is 0.0947. The average Bonchev–Trinajstić information content (AvgIpc) is 2.70. The largest absolute Gasteiger partial charge is 0.481 e. The molecule has 0 saturated carbocycles. The molecule has 1 aromatic carbocycles. The SMILES string of the molecule is COc1ccc(NC(=O)c2ccc(C(F)(F)F)cc2N[C@@H]2CCOC[C@@H]2C)c(C)n1. The summed E-state index contributed by atoms with van der Waals surface area (Å²) < 4.78 is 50.2. The molecule has 0 radical (unpaired) electrons. The van der Waals surface area contributed by atoms with Crippen LogP contribution in [0.25, 0.3) is 0 Å². The Morgan fingerprint density at radius 3 is 2.63 bits per heavy atom. The van der Waals surface area contributed by atoms with Crippen LogP contribution in [-0.2, 0) is 10.9 Å². The van der Waals surface area contributed by atoms with E-state index >= 15 is 0 Å². The van der Waals surface area contributed by atoms with Crippen molar-refractivity contribution in [3.8, 4) is 5.88 Å². The Balaban J connectivity index is 1.91. The van der Waals surface area contributed by atoms with Crippen LogP contribution < -0.4 is 15.4 Å². The van der Waals surface area contributed by atoms with Crippen LogP contribution in [0.15, 0.2) is 30.3 Å². The first-order valence-corrected chi connectivity index (χ1v) is 9.57. The number of nitrogens with one attached hydrogen (secondary N) is 2. The van der Waals surface area contributed by atoms with E-state index in [9.17, 15) is 18.0 Å². The number of pyridine rings is 1. The first-order chi connectivity index (χ1) is 14.2. The Morgan fingerprint density at radius 2 is 2.00 bits per heavy atom. The quantitative estimate of drug-likeness (QED) is 0.741. The van der Waals surface area contributed by atoms with Gasteiger partial charge in [-0.1, -0.05) is 6.92 Å². The maximum Gasteiger partial charge on any atom is 0.416 e. The number of alkyl halides is 3. The number of aromatic nitrogens is 1. The standard InChI is InChI=1S/C21H24F3N3O3/c1-12-11-30-9-8-16(12)26-18-10-14(21(22,23)24)4-5-15(18)20(28)27-17-6-7-19(29-3)25-13(17)2/h4-7,10,12,16,26H,8-9,11H2,1-3H3,(H,27,28)/t12-,16+/m0/s1. The van der Waals surface area contributed by atoms with Gasteiger partial charge in [0.1, 0.15) is 0 Å². The Kier molecular flexibility index (Phi) is 6.50. The van der Waals surface area contributed by atoms with Crippen LogP contribution in [0.1, 0.15) is 35.0 Å². The molecule has 1 saturated heterocycles. The fraction of sp³-hybridized carbons (Fsp3) is 0.429. The van der Waals surface area contributed by atoms with Gasteiger partial charge in [0.05, 0.1) is 36.2 Å². The number of hydrogen-bond acceptors (Lipinski definition) is 5. The summed E-state index contributed by atoms with van der Waals surface area (Å²) in [6.45, 7) is 4.68. The summed E-state index contributed by atoms with van der Waals surface area (Å²) in [6.07, 6.45) is -3.87. The van der Waals surface area contributed by atoms with Gasteiger partial charge >= 0.3 is 6.18 Å².